The zero-order valence-electron chi connectivity index (χ0n) is 24.9. The van der Waals surface area contributed by atoms with E-state index >= 15 is 0 Å². The fourth-order valence-corrected chi connectivity index (χ4v) is 6.10. The van der Waals surface area contributed by atoms with E-state index in [1.165, 1.54) is 0 Å². The van der Waals surface area contributed by atoms with Crippen LogP contribution in [0.15, 0.2) is 47.5 Å². The van der Waals surface area contributed by atoms with E-state index in [0.717, 1.165) is 48.7 Å². The molecule has 0 saturated carbocycles. The molecule has 3 atom stereocenters. The van der Waals surface area contributed by atoms with Gasteiger partial charge in [-0.1, -0.05) is 42.5 Å². The molecule has 0 unspecified atom stereocenters. The zero-order valence-corrected chi connectivity index (χ0v) is 24.9. The topological polar surface area (TPSA) is 177 Å². The van der Waals surface area contributed by atoms with Crippen LogP contribution in [-0.2, 0) is 25.6 Å². The number of carbonyl (C=O) groups is 4. The molecule has 11 nitrogen and oxygen atoms in total. The minimum absolute atomic E-state index is 0.0335. The van der Waals surface area contributed by atoms with Crippen molar-refractivity contribution in [2.24, 2.45) is 22.2 Å². The van der Waals surface area contributed by atoms with E-state index in [2.05, 4.69) is 10.3 Å². The molecule has 11 heteroatoms. The van der Waals surface area contributed by atoms with Crippen LogP contribution >= 0.6 is 0 Å². The fraction of sp³-hybridized carbons (Fsp3) is 0.531. The molecule has 2 aromatic carbocycles. The molecule has 2 fully saturated rings. The van der Waals surface area contributed by atoms with Crippen molar-refractivity contribution in [1.82, 2.24) is 15.1 Å². The van der Waals surface area contributed by atoms with Gasteiger partial charge in [0.15, 0.2) is 11.7 Å². The predicted octanol–water partition coefficient (Wildman–Crippen LogP) is 1.60. The number of likely N-dealkylation sites (tertiary alicyclic amines) is 2. The normalized spacial score (nSPS) is 18.2. The monoisotopic (exact) mass is 591 g/mol. The number of benzene rings is 2. The molecule has 2 aromatic rings. The van der Waals surface area contributed by atoms with E-state index in [-0.39, 0.29) is 42.3 Å². The molecule has 3 amide bonds. The van der Waals surface area contributed by atoms with Gasteiger partial charge in [0.2, 0.25) is 17.7 Å². The van der Waals surface area contributed by atoms with Gasteiger partial charge in [0, 0.05) is 39.0 Å². The second-order valence-corrected chi connectivity index (χ2v) is 11.6. The maximum Gasteiger partial charge on any atom is 0.243 e. The standard InChI is InChI=1S/C32H45N7O4/c33-25(21-23-11-6-10-22-9-2-3-12-24(22)23)31(43)39-20-8-14-27(39)30(42)37-26(13-7-17-36-32(34)35)28(40)15-16-29(41)38-18-4-1-5-19-38/h2-3,6,9-12,25-27H,1,4-5,7-8,13-21,33H2,(H,37,42)(H4,34,35,36)/t25-,26+,27+/m1/s1. The number of nitrogens with zero attached hydrogens (tertiary/aromatic N) is 3. The molecule has 0 radical (unpaired) electrons. The van der Waals surface area contributed by atoms with Crippen molar-refractivity contribution < 1.29 is 19.2 Å². The van der Waals surface area contributed by atoms with E-state index in [1.54, 1.807) is 4.90 Å². The summed E-state index contributed by atoms with van der Waals surface area (Å²) in [5, 5.41) is 5.01. The SMILES string of the molecule is NC(N)=NCCC[C@H](NC(=O)[C@@H]1CCCN1C(=O)[C@H](N)Cc1cccc2ccccc12)C(=O)CCC(=O)N1CCCCC1. The zero-order chi connectivity index (χ0) is 30.8. The van der Waals surface area contributed by atoms with Crippen LogP contribution in [0.1, 0.15) is 63.4 Å². The molecule has 232 valence electrons. The number of amides is 3. The molecule has 2 aliphatic rings. The van der Waals surface area contributed by atoms with E-state index in [0.29, 0.717) is 45.2 Å². The number of guanidine groups is 1. The van der Waals surface area contributed by atoms with Crippen molar-refractivity contribution in [2.45, 2.75) is 82.3 Å². The molecule has 43 heavy (non-hydrogen) atoms. The third-order valence-electron chi connectivity index (χ3n) is 8.42. The van der Waals surface area contributed by atoms with Crippen molar-refractivity contribution >= 4 is 40.2 Å². The molecular formula is C32H45N7O4. The Balaban J connectivity index is 1.38. The van der Waals surface area contributed by atoms with E-state index in [9.17, 15) is 19.2 Å². The Hall–Kier alpha value is -3.99. The number of ketones is 1. The van der Waals surface area contributed by atoms with Crippen LogP contribution in [0.4, 0.5) is 0 Å². The lowest BCUT2D eigenvalue weighted by Gasteiger charge is -2.29. The van der Waals surface area contributed by atoms with Crippen LogP contribution in [0.5, 0.6) is 0 Å². The smallest absolute Gasteiger partial charge is 0.243 e. The number of hydrogen-bond donors (Lipinski definition) is 4. The summed E-state index contributed by atoms with van der Waals surface area (Å²) >= 11 is 0. The Morgan fingerprint density at radius 1 is 0.930 bits per heavy atom. The number of nitrogens with one attached hydrogen (secondary N) is 1. The number of rotatable bonds is 13. The van der Waals surface area contributed by atoms with Gasteiger partial charge >= 0.3 is 0 Å². The first-order chi connectivity index (χ1) is 20.7. The summed E-state index contributed by atoms with van der Waals surface area (Å²) in [4.78, 5) is 60.3. The number of aliphatic imine (C=N–C) groups is 1. The Kier molecular flexibility index (Phi) is 11.5. The number of hydrogen-bond acceptors (Lipinski definition) is 6. The van der Waals surface area contributed by atoms with Gasteiger partial charge in [-0.15, -0.1) is 0 Å². The van der Waals surface area contributed by atoms with Gasteiger partial charge < -0.3 is 32.3 Å². The van der Waals surface area contributed by atoms with Crippen LogP contribution < -0.4 is 22.5 Å². The highest BCUT2D eigenvalue weighted by atomic mass is 16.2. The Morgan fingerprint density at radius 3 is 2.44 bits per heavy atom. The summed E-state index contributed by atoms with van der Waals surface area (Å²) in [5.74, 6) is -0.962. The van der Waals surface area contributed by atoms with Crippen molar-refractivity contribution in [3.05, 3.63) is 48.0 Å². The number of carbonyl (C=O) groups excluding carboxylic acids is 4. The molecule has 0 spiro atoms. The maximum atomic E-state index is 13.5. The first-order valence-electron chi connectivity index (χ1n) is 15.4. The number of Topliss-reactive ketones (excluding diaryl/α,β-unsaturated/α-hetero) is 1. The summed E-state index contributed by atoms with van der Waals surface area (Å²) in [6, 6.07) is 11.6. The lowest BCUT2D eigenvalue weighted by Crippen LogP contribution is -2.54. The van der Waals surface area contributed by atoms with Crippen molar-refractivity contribution in [1.29, 1.82) is 0 Å². The highest BCUT2D eigenvalue weighted by Crippen LogP contribution is 2.23. The van der Waals surface area contributed by atoms with E-state index in [4.69, 9.17) is 17.2 Å². The van der Waals surface area contributed by atoms with Gasteiger partial charge in [-0.25, -0.2) is 0 Å². The van der Waals surface area contributed by atoms with Crippen LogP contribution in [-0.4, -0.2) is 83.6 Å². The first kappa shape index (κ1) is 31.9. The van der Waals surface area contributed by atoms with E-state index < -0.39 is 18.1 Å². The molecule has 0 bridgehead atoms. The quantitative estimate of drug-likeness (QED) is 0.155. The number of piperidine rings is 1. The van der Waals surface area contributed by atoms with Gasteiger partial charge in [-0.05, 0) is 67.7 Å². The van der Waals surface area contributed by atoms with Crippen molar-refractivity contribution in [2.75, 3.05) is 26.2 Å². The van der Waals surface area contributed by atoms with Gasteiger partial charge in [-0.2, -0.15) is 0 Å². The van der Waals surface area contributed by atoms with Crippen LogP contribution in [0.25, 0.3) is 10.8 Å². The summed E-state index contributed by atoms with van der Waals surface area (Å²) < 4.78 is 0. The maximum absolute atomic E-state index is 13.5. The fourth-order valence-electron chi connectivity index (χ4n) is 6.10. The molecule has 2 heterocycles. The molecular weight excluding hydrogens is 546 g/mol. The van der Waals surface area contributed by atoms with Crippen LogP contribution in [0, 0.1) is 0 Å². The second kappa shape index (κ2) is 15.5. The average Bonchev–Trinajstić information content (AvgIpc) is 3.51. The third kappa shape index (κ3) is 8.76. The van der Waals surface area contributed by atoms with Crippen molar-refractivity contribution in [3.8, 4) is 0 Å². The highest BCUT2D eigenvalue weighted by Gasteiger charge is 2.37. The molecule has 7 N–H and O–H groups in total. The minimum Gasteiger partial charge on any atom is -0.370 e. The van der Waals surface area contributed by atoms with Gasteiger partial charge in [0.1, 0.15) is 6.04 Å². The average molecular weight is 592 g/mol. The lowest BCUT2D eigenvalue weighted by molar-refractivity contribution is -0.140. The summed E-state index contributed by atoms with van der Waals surface area (Å²) in [7, 11) is 0. The largest absolute Gasteiger partial charge is 0.370 e. The number of fused-ring (bicyclic) bond motifs is 1. The van der Waals surface area contributed by atoms with Crippen molar-refractivity contribution in [3.63, 3.8) is 0 Å². The van der Waals surface area contributed by atoms with Crippen LogP contribution in [0.3, 0.4) is 0 Å². The summed E-state index contributed by atoms with van der Waals surface area (Å²) in [5.41, 5.74) is 18.3. The second-order valence-electron chi connectivity index (χ2n) is 11.6. The summed E-state index contributed by atoms with van der Waals surface area (Å²) in [6.07, 6.45) is 5.50. The Morgan fingerprint density at radius 2 is 1.67 bits per heavy atom. The van der Waals surface area contributed by atoms with Crippen LogP contribution in [0.2, 0.25) is 0 Å². The molecule has 0 aliphatic carbocycles. The summed E-state index contributed by atoms with van der Waals surface area (Å²) in [6.45, 7) is 2.18. The third-order valence-corrected chi connectivity index (χ3v) is 8.42. The molecule has 0 aromatic heterocycles. The van der Waals surface area contributed by atoms with Gasteiger partial charge in [0.05, 0.1) is 12.1 Å². The minimum atomic E-state index is -0.808. The Labute approximate surface area is 253 Å². The van der Waals surface area contributed by atoms with E-state index in [1.807, 2.05) is 47.4 Å². The van der Waals surface area contributed by atoms with Gasteiger partial charge in [0.25, 0.3) is 0 Å². The molecule has 2 aliphatic heterocycles. The highest BCUT2D eigenvalue weighted by molar-refractivity contribution is 5.95. The molecule has 2 saturated heterocycles. The Bertz CT molecular complexity index is 1310. The first-order valence-corrected chi connectivity index (χ1v) is 15.4. The number of nitrogens with two attached hydrogens (primary N) is 3. The lowest BCUT2D eigenvalue weighted by atomic mass is 9.98. The molecule has 4 rings (SSSR count). The van der Waals surface area contributed by atoms with Gasteiger partial charge in [-0.3, -0.25) is 24.2 Å². The predicted molar refractivity (Wildman–Crippen MR) is 167 cm³/mol.